The van der Waals surface area contributed by atoms with E-state index in [9.17, 15) is 5.11 Å². The third kappa shape index (κ3) is 2.66. The van der Waals surface area contributed by atoms with Gasteiger partial charge in [0.2, 0.25) is 0 Å². The van der Waals surface area contributed by atoms with Crippen molar-refractivity contribution in [3.05, 3.63) is 18.0 Å². The summed E-state index contributed by atoms with van der Waals surface area (Å²) in [6.07, 6.45) is 10.1. The number of hydrogen-bond donors (Lipinski definition) is 1. The van der Waals surface area contributed by atoms with E-state index >= 15 is 0 Å². The summed E-state index contributed by atoms with van der Waals surface area (Å²) in [6.45, 7) is 8.63. The number of hydrogen-bond acceptors (Lipinski definition) is 3. The summed E-state index contributed by atoms with van der Waals surface area (Å²) in [5, 5.41) is 14.0. The molecule has 2 atom stereocenters. The Labute approximate surface area is 144 Å². The molecule has 1 N–H and O–H groups in total. The number of aryl methyl sites for hydroxylation is 1. The summed E-state index contributed by atoms with van der Waals surface area (Å²) in [6, 6.07) is 2.13. The van der Waals surface area contributed by atoms with Gasteiger partial charge in [-0.2, -0.15) is 16.9 Å². The minimum absolute atomic E-state index is 0.311. The minimum atomic E-state index is 0.311. The molecule has 1 aromatic rings. The van der Waals surface area contributed by atoms with E-state index in [0.29, 0.717) is 27.6 Å². The molecule has 0 amide bonds. The largest absolute Gasteiger partial charge is 0.396 e. The van der Waals surface area contributed by atoms with Gasteiger partial charge in [-0.1, -0.05) is 13.8 Å². The van der Waals surface area contributed by atoms with Crippen molar-refractivity contribution in [2.24, 2.45) is 16.2 Å². The van der Waals surface area contributed by atoms with Crippen LogP contribution in [0.15, 0.2) is 12.3 Å². The number of aliphatic hydroxyl groups excluding tert-OH is 1. The predicted octanol–water partition coefficient (Wildman–Crippen LogP) is 4.04. The second-order valence-corrected chi connectivity index (χ2v) is 11.1. The number of thioether (sulfide) groups is 1. The molecule has 1 aromatic heterocycles. The molecule has 0 radical (unpaired) electrons. The summed E-state index contributed by atoms with van der Waals surface area (Å²) in [5.41, 5.74) is 2.64. The van der Waals surface area contributed by atoms with Gasteiger partial charge in [0.1, 0.15) is 0 Å². The lowest BCUT2D eigenvalue weighted by molar-refractivity contribution is -0.139. The molecule has 23 heavy (non-hydrogen) atoms. The molecule has 5 rings (SSSR count). The van der Waals surface area contributed by atoms with Crippen molar-refractivity contribution in [1.29, 1.82) is 0 Å². The molecule has 4 fully saturated rings. The molecular weight excluding hydrogens is 304 g/mol. The van der Waals surface area contributed by atoms with Gasteiger partial charge >= 0.3 is 0 Å². The molecule has 0 aliphatic heterocycles. The SMILES string of the molecule is Cc1ccnn1CC12CC3(C)CC(C)(C1)CC(SCCO)(C3)C2. The van der Waals surface area contributed by atoms with Crippen molar-refractivity contribution in [1.82, 2.24) is 9.78 Å². The maximum absolute atomic E-state index is 9.37. The second kappa shape index (κ2) is 5.01. The van der Waals surface area contributed by atoms with Crippen LogP contribution >= 0.6 is 11.8 Å². The third-order valence-corrected chi connectivity index (χ3v) is 8.00. The lowest BCUT2D eigenvalue weighted by atomic mass is 9.40. The Hall–Kier alpha value is -0.480. The molecule has 4 aliphatic rings. The molecule has 1 heterocycles. The summed E-state index contributed by atoms with van der Waals surface area (Å²) < 4.78 is 2.63. The molecule has 4 aliphatic carbocycles. The van der Waals surface area contributed by atoms with Crippen LogP contribution in [-0.2, 0) is 6.54 Å². The molecule has 128 valence electrons. The topological polar surface area (TPSA) is 38.0 Å². The number of nitrogens with zero attached hydrogens (tertiary/aromatic N) is 2. The smallest absolute Gasteiger partial charge is 0.0521 e. The van der Waals surface area contributed by atoms with E-state index in [1.807, 2.05) is 6.20 Å². The van der Waals surface area contributed by atoms with Crippen molar-refractivity contribution in [2.75, 3.05) is 12.4 Å². The van der Waals surface area contributed by atoms with Gasteiger partial charge in [-0.3, -0.25) is 4.68 Å². The van der Waals surface area contributed by atoms with Crippen LogP contribution in [0.3, 0.4) is 0 Å². The fourth-order valence-corrected chi connectivity index (χ4v) is 9.13. The van der Waals surface area contributed by atoms with E-state index < -0.39 is 0 Å². The quantitative estimate of drug-likeness (QED) is 0.883. The Balaban J connectivity index is 1.69. The van der Waals surface area contributed by atoms with Crippen LogP contribution in [0.2, 0.25) is 0 Å². The van der Waals surface area contributed by atoms with Crippen LogP contribution in [0, 0.1) is 23.2 Å². The first-order valence-corrected chi connectivity index (χ1v) is 10.0. The fourth-order valence-electron chi connectivity index (χ4n) is 7.29. The highest BCUT2D eigenvalue weighted by Crippen LogP contribution is 2.73. The predicted molar refractivity (Wildman–Crippen MR) is 95.6 cm³/mol. The average Bonchev–Trinajstić information content (AvgIpc) is 2.77. The molecule has 0 saturated heterocycles. The summed E-state index contributed by atoms with van der Waals surface area (Å²) in [4.78, 5) is 0. The van der Waals surface area contributed by atoms with E-state index in [2.05, 4.69) is 48.4 Å². The summed E-state index contributed by atoms with van der Waals surface area (Å²) >= 11 is 2.07. The van der Waals surface area contributed by atoms with Crippen LogP contribution in [0.5, 0.6) is 0 Å². The Bertz CT molecular complexity index is 592. The van der Waals surface area contributed by atoms with Crippen LogP contribution < -0.4 is 0 Å². The molecule has 4 bridgehead atoms. The van der Waals surface area contributed by atoms with Crippen LogP contribution in [0.1, 0.15) is 58.1 Å². The van der Waals surface area contributed by atoms with Crippen molar-refractivity contribution in [2.45, 2.75) is 70.6 Å². The molecule has 4 heteroatoms. The zero-order valence-corrected chi connectivity index (χ0v) is 15.6. The zero-order valence-electron chi connectivity index (χ0n) is 14.8. The van der Waals surface area contributed by atoms with Crippen molar-refractivity contribution in [3.63, 3.8) is 0 Å². The van der Waals surface area contributed by atoms with Gasteiger partial charge in [0.15, 0.2) is 0 Å². The van der Waals surface area contributed by atoms with Gasteiger partial charge < -0.3 is 5.11 Å². The first-order chi connectivity index (χ1) is 10.8. The molecule has 0 aromatic carbocycles. The monoisotopic (exact) mass is 334 g/mol. The second-order valence-electron chi connectivity index (χ2n) is 9.57. The van der Waals surface area contributed by atoms with E-state index in [1.54, 1.807) is 0 Å². The normalized spacial score (nSPS) is 44.9. The molecule has 3 nitrogen and oxygen atoms in total. The van der Waals surface area contributed by atoms with Gasteiger partial charge in [0.25, 0.3) is 0 Å². The molecule has 2 unspecified atom stereocenters. The lowest BCUT2D eigenvalue weighted by Crippen LogP contribution is -2.62. The van der Waals surface area contributed by atoms with Crippen LogP contribution in [0.25, 0.3) is 0 Å². The fraction of sp³-hybridized carbons (Fsp3) is 0.842. The summed E-state index contributed by atoms with van der Waals surface area (Å²) in [7, 11) is 0. The Morgan fingerprint density at radius 3 is 2.39 bits per heavy atom. The van der Waals surface area contributed by atoms with Crippen LogP contribution in [-0.4, -0.2) is 32.0 Å². The van der Waals surface area contributed by atoms with Gasteiger partial charge in [0, 0.05) is 28.9 Å². The lowest BCUT2D eigenvalue weighted by Gasteiger charge is -2.69. The Morgan fingerprint density at radius 2 is 1.83 bits per heavy atom. The molecular formula is C19H30N2OS. The van der Waals surface area contributed by atoms with Crippen molar-refractivity contribution in [3.8, 4) is 0 Å². The Morgan fingerprint density at radius 1 is 1.13 bits per heavy atom. The van der Waals surface area contributed by atoms with Crippen molar-refractivity contribution >= 4 is 11.8 Å². The number of rotatable bonds is 5. The van der Waals surface area contributed by atoms with Gasteiger partial charge in [-0.05, 0) is 67.8 Å². The molecule has 4 saturated carbocycles. The Kier molecular flexibility index (Phi) is 3.49. The number of aliphatic hydroxyl groups is 1. The average molecular weight is 335 g/mol. The maximum Gasteiger partial charge on any atom is 0.0521 e. The van der Waals surface area contributed by atoms with Gasteiger partial charge in [-0.15, -0.1) is 0 Å². The highest BCUT2D eigenvalue weighted by Gasteiger charge is 2.65. The minimum Gasteiger partial charge on any atom is -0.396 e. The zero-order chi connectivity index (χ0) is 16.3. The summed E-state index contributed by atoms with van der Waals surface area (Å²) in [5.74, 6) is 0.892. The van der Waals surface area contributed by atoms with Gasteiger partial charge in [-0.25, -0.2) is 0 Å². The van der Waals surface area contributed by atoms with Crippen molar-refractivity contribution < 1.29 is 5.11 Å². The first-order valence-electron chi connectivity index (χ1n) is 9.03. The maximum atomic E-state index is 9.37. The van der Waals surface area contributed by atoms with E-state index in [-0.39, 0.29) is 0 Å². The van der Waals surface area contributed by atoms with E-state index in [0.717, 1.165) is 12.3 Å². The highest BCUT2D eigenvalue weighted by atomic mass is 32.2. The number of aromatic nitrogens is 2. The van der Waals surface area contributed by atoms with Crippen LogP contribution in [0.4, 0.5) is 0 Å². The standard InChI is InChI=1S/C19H30N2OS/c1-15-4-5-20-21(15)14-18-9-16(2)8-17(3,10-18)12-19(11-16,13-18)23-7-6-22/h4-5,22H,6-14H2,1-3H3. The molecule has 0 spiro atoms. The first kappa shape index (κ1) is 16.0. The third-order valence-electron chi connectivity index (χ3n) is 6.57. The highest BCUT2D eigenvalue weighted by molar-refractivity contribution is 8.00. The van der Waals surface area contributed by atoms with E-state index in [4.69, 9.17) is 0 Å². The van der Waals surface area contributed by atoms with E-state index in [1.165, 1.54) is 44.2 Å². The van der Waals surface area contributed by atoms with Gasteiger partial charge in [0.05, 0.1) is 6.61 Å².